The maximum Gasteiger partial charge on any atom is 0.358 e. The van der Waals surface area contributed by atoms with E-state index in [1.807, 2.05) is 0 Å². The molecule has 66 valence electrons. The van der Waals surface area contributed by atoms with Crippen LogP contribution in [-0.2, 0) is 4.79 Å². The molecule has 5 heteroatoms. The maximum atomic E-state index is 9.94. The Morgan fingerprint density at radius 2 is 2.00 bits per heavy atom. The molecule has 0 aliphatic heterocycles. The van der Waals surface area contributed by atoms with Crippen LogP contribution in [0.3, 0.4) is 0 Å². The minimum atomic E-state index is -1.07. The van der Waals surface area contributed by atoms with Crippen LogP contribution in [0.15, 0.2) is 16.9 Å². The number of carboxylic acids is 1. The molecular formula is C7H9NO4. The number of nitrogens with zero attached hydrogens (tertiary/aromatic N) is 1. The Labute approximate surface area is 69.0 Å². The summed E-state index contributed by atoms with van der Waals surface area (Å²) in [6.45, 7) is 3.06. The van der Waals surface area contributed by atoms with Crippen LogP contribution in [0.25, 0.3) is 0 Å². The molecule has 0 radical (unpaired) electrons. The lowest BCUT2D eigenvalue weighted by molar-refractivity contribution is -0.114. The lowest BCUT2D eigenvalue weighted by atomic mass is 10.5. The van der Waals surface area contributed by atoms with Crippen molar-refractivity contribution < 1.29 is 19.2 Å². The number of aromatic carboxylic acids is 1. The average molecular weight is 171 g/mol. The molecule has 5 nitrogen and oxygen atoms in total. The summed E-state index contributed by atoms with van der Waals surface area (Å²) in [6.07, 6.45) is 1.21. The van der Waals surface area contributed by atoms with E-state index in [0.29, 0.717) is 0 Å². The number of ketones is 1. The summed E-state index contributed by atoms with van der Waals surface area (Å²) in [4.78, 5) is 19.4. The highest BCUT2D eigenvalue weighted by Crippen LogP contribution is 1.91. The van der Waals surface area contributed by atoms with Gasteiger partial charge in [-0.2, -0.15) is 0 Å². The van der Waals surface area contributed by atoms with Crippen molar-refractivity contribution in [1.82, 2.24) is 5.16 Å². The molecule has 0 spiro atoms. The first kappa shape index (κ1) is 10.3. The molecule has 0 aliphatic carbocycles. The van der Waals surface area contributed by atoms with E-state index in [4.69, 9.17) is 5.11 Å². The lowest BCUT2D eigenvalue weighted by Crippen LogP contribution is -1.94. The highest BCUT2D eigenvalue weighted by atomic mass is 16.5. The van der Waals surface area contributed by atoms with E-state index in [1.54, 1.807) is 0 Å². The van der Waals surface area contributed by atoms with Crippen molar-refractivity contribution in [2.75, 3.05) is 0 Å². The third kappa shape index (κ3) is 5.16. The van der Waals surface area contributed by atoms with Gasteiger partial charge in [-0.15, -0.1) is 0 Å². The normalized spacial score (nSPS) is 8.17. The van der Waals surface area contributed by atoms with E-state index in [1.165, 1.54) is 26.2 Å². The van der Waals surface area contributed by atoms with Gasteiger partial charge in [0.1, 0.15) is 12.0 Å². The summed E-state index contributed by atoms with van der Waals surface area (Å²) in [6, 6.07) is 1.28. The molecule has 0 aromatic carbocycles. The van der Waals surface area contributed by atoms with E-state index in [0.717, 1.165) is 0 Å². The minimum Gasteiger partial charge on any atom is -0.476 e. The van der Waals surface area contributed by atoms with E-state index >= 15 is 0 Å². The number of carbonyl (C=O) groups excluding carboxylic acids is 1. The van der Waals surface area contributed by atoms with Crippen molar-refractivity contribution >= 4 is 11.8 Å². The number of carbonyl (C=O) groups is 2. The molecule has 0 aliphatic rings. The summed E-state index contributed by atoms with van der Waals surface area (Å²) in [5.74, 6) is -0.904. The molecule has 0 fully saturated rings. The highest BCUT2D eigenvalue weighted by Gasteiger charge is 2.02. The Kier molecular flexibility index (Phi) is 4.36. The standard InChI is InChI=1S/C4H3NO3.C3H6O/c6-4(7)3-1-2-8-5-3;1-3(2)4/h1-2H,(H,6,7);1-2H3. The van der Waals surface area contributed by atoms with Gasteiger partial charge in [-0.05, 0) is 13.8 Å². The van der Waals surface area contributed by atoms with Crippen LogP contribution in [0.2, 0.25) is 0 Å². The zero-order chi connectivity index (χ0) is 9.56. The lowest BCUT2D eigenvalue weighted by Gasteiger charge is -1.75. The highest BCUT2D eigenvalue weighted by molar-refractivity contribution is 5.84. The maximum absolute atomic E-state index is 9.94. The minimum absolute atomic E-state index is 0.0648. The Bertz CT molecular complexity index is 248. The van der Waals surface area contributed by atoms with Gasteiger partial charge < -0.3 is 14.4 Å². The predicted molar refractivity (Wildman–Crippen MR) is 39.8 cm³/mol. The van der Waals surface area contributed by atoms with Crippen molar-refractivity contribution in [2.45, 2.75) is 13.8 Å². The summed E-state index contributed by atoms with van der Waals surface area (Å²) in [5, 5.41) is 11.3. The average Bonchev–Trinajstić information content (AvgIpc) is 2.34. The van der Waals surface area contributed by atoms with Crippen LogP contribution < -0.4 is 0 Å². The first-order chi connectivity index (χ1) is 5.54. The van der Waals surface area contributed by atoms with Gasteiger partial charge >= 0.3 is 5.97 Å². The number of hydrogen-bond acceptors (Lipinski definition) is 4. The number of aromatic nitrogens is 1. The van der Waals surface area contributed by atoms with Crippen molar-refractivity contribution in [3.05, 3.63) is 18.0 Å². The molecule has 1 aromatic heterocycles. The summed E-state index contributed by atoms with van der Waals surface area (Å²) >= 11 is 0. The Morgan fingerprint density at radius 3 is 2.17 bits per heavy atom. The van der Waals surface area contributed by atoms with Crippen LogP contribution in [0.5, 0.6) is 0 Å². The molecule has 1 heterocycles. The smallest absolute Gasteiger partial charge is 0.358 e. The number of carboxylic acid groups (broad SMARTS) is 1. The molecule has 1 aromatic rings. The quantitative estimate of drug-likeness (QED) is 0.680. The number of Topliss-reactive ketones (excluding diaryl/α,β-unsaturated/α-hetero) is 1. The molecular weight excluding hydrogens is 162 g/mol. The van der Waals surface area contributed by atoms with Gasteiger partial charge in [0.05, 0.1) is 0 Å². The number of hydrogen-bond donors (Lipinski definition) is 1. The first-order valence-corrected chi connectivity index (χ1v) is 3.15. The molecule has 0 bridgehead atoms. The predicted octanol–water partition coefficient (Wildman–Crippen LogP) is 0.968. The largest absolute Gasteiger partial charge is 0.476 e. The van der Waals surface area contributed by atoms with Crippen molar-refractivity contribution in [3.8, 4) is 0 Å². The molecule has 12 heavy (non-hydrogen) atoms. The van der Waals surface area contributed by atoms with Gasteiger partial charge in [0, 0.05) is 6.07 Å². The van der Waals surface area contributed by atoms with Gasteiger partial charge in [0.15, 0.2) is 5.69 Å². The van der Waals surface area contributed by atoms with Gasteiger partial charge in [0.2, 0.25) is 0 Å². The second-order valence-electron chi connectivity index (χ2n) is 2.10. The van der Waals surface area contributed by atoms with Gasteiger partial charge in [-0.1, -0.05) is 5.16 Å². The summed E-state index contributed by atoms with van der Waals surface area (Å²) in [7, 11) is 0. The molecule has 0 amide bonds. The Balaban J connectivity index is 0.000000261. The zero-order valence-electron chi connectivity index (χ0n) is 6.77. The van der Waals surface area contributed by atoms with Crippen LogP contribution in [0.1, 0.15) is 24.3 Å². The molecule has 0 atom stereocenters. The third-order valence-electron chi connectivity index (χ3n) is 0.657. The van der Waals surface area contributed by atoms with Crippen molar-refractivity contribution in [1.29, 1.82) is 0 Å². The topological polar surface area (TPSA) is 80.4 Å². The second kappa shape index (κ2) is 5.06. The fourth-order valence-electron chi connectivity index (χ4n) is 0.323. The molecule has 0 saturated heterocycles. The molecule has 0 saturated carbocycles. The summed E-state index contributed by atoms with van der Waals surface area (Å²) in [5.41, 5.74) is -0.0648. The second-order valence-corrected chi connectivity index (χ2v) is 2.10. The first-order valence-electron chi connectivity index (χ1n) is 3.15. The van der Waals surface area contributed by atoms with Gasteiger partial charge in [0.25, 0.3) is 0 Å². The Hall–Kier alpha value is -1.65. The Morgan fingerprint density at radius 1 is 1.50 bits per heavy atom. The van der Waals surface area contributed by atoms with E-state index in [9.17, 15) is 9.59 Å². The zero-order valence-corrected chi connectivity index (χ0v) is 6.77. The van der Waals surface area contributed by atoms with Crippen LogP contribution in [0.4, 0.5) is 0 Å². The fraction of sp³-hybridized carbons (Fsp3) is 0.286. The van der Waals surface area contributed by atoms with Crippen LogP contribution >= 0.6 is 0 Å². The van der Waals surface area contributed by atoms with E-state index in [2.05, 4.69) is 9.68 Å². The summed E-state index contributed by atoms with van der Waals surface area (Å²) < 4.78 is 4.24. The van der Waals surface area contributed by atoms with Crippen LogP contribution in [0, 0.1) is 0 Å². The van der Waals surface area contributed by atoms with Crippen molar-refractivity contribution in [2.24, 2.45) is 0 Å². The SMILES string of the molecule is CC(C)=O.O=C(O)c1ccon1. The fourth-order valence-corrected chi connectivity index (χ4v) is 0.323. The molecule has 0 unspecified atom stereocenters. The number of rotatable bonds is 1. The third-order valence-corrected chi connectivity index (χ3v) is 0.657. The van der Waals surface area contributed by atoms with Crippen molar-refractivity contribution in [3.63, 3.8) is 0 Å². The van der Waals surface area contributed by atoms with E-state index in [-0.39, 0.29) is 11.5 Å². The monoisotopic (exact) mass is 171 g/mol. The molecule has 1 rings (SSSR count). The molecule has 1 N–H and O–H groups in total. The van der Waals surface area contributed by atoms with Gasteiger partial charge in [-0.3, -0.25) is 0 Å². The van der Waals surface area contributed by atoms with E-state index < -0.39 is 5.97 Å². The van der Waals surface area contributed by atoms with Crippen LogP contribution in [-0.4, -0.2) is 22.0 Å². The van der Waals surface area contributed by atoms with Gasteiger partial charge in [-0.25, -0.2) is 4.79 Å².